The maximum Gasteiger partial charge on any atom is 0.324 e. The first-order valence-electron chi connectivity index (χ1n) is 6.64. The zero-order valence-electron chi connectivity index (χ0n) is 11.0. The highest BCUT2D eigenvalue weighted by Gasteiger charge is 2.01. The van der Waals surface area contributed by atoms with Crippen molar-refractivity contribution in [2.75, 3.05) is 26.2 Å². The Morgan fingerprint density at radius 3 is 2.59 bits per heavy atom. The van der Waals surface area contributed by atoms with Crippen LogP contribution in [-0.4, -0.2) is 32.1 Å². The molecule has 102 valence electrons. The molecule has 0 amide bonds. The second-order valence-corrected chi connectivity index (χ2v) is 4.07. The van der Waals surface area contributed by atoms with Gasteiger partial charge >= 0.3 is 5.97 Å². The topological polar surface area (TPSA) is 76.4 Å². The number of carbonyl (C=O) groups is 1. The minimum atomic E-state index is -0.166. The third kappa shape index (κ3) is 13.3. The number of hydrogen-bond donors (Lipinski definition) is 3. The Kier molecular flexibility index (Phi) is 12.9. The predicted molar refractivity (Wildman–Crippen MR) is 69.4 cm³/mol. The van der Waals surface area contributed by atoms with Crippen LogP contribution < -0.4 is 16.5 Å². The van der Waals surface area contributed by atoms with E-state index in [0.717, 1.165) is 25.9 Å². The van der Waals surface area contributed by atoms with Crippen molar-refractivity contribution >= 4 is 5.97 Å². The Morgan fingerprint density at radius 2 is 1.88 bits per heavy atom. The van der Waals surface area contributed by atoms with Gasteiger partial charge in [-0.05, 0) is 6.42 Å². The first kappa shape index (κ1) is 16.4. The van der Waals surface area contributed by atoms with Gasteiger partial charge in [0.05, 0.1) is 0 Å². The van der Waals surface area contributed by atoms with Crippen LogP contribution in [0.25, 0.3) is 0 Å². The lowest BCUT2D eigenvalue weighted by Crippen LogP contribution is -2.31. The molecule has 0 rings (SSSR count). The molecular formula is C12H27N3O2. The van der Waals surface area contributed by atoms with Crippen LogP contribution in [0.1, 0.15) is 45.4 Å². The van der Waals surface area contributed by atoms with E-state index in [2.05, 4.69) is 17.7 Å². The average molecular weight is 245 g/mol. The van der Waals surface area contributed by atoms with Gasteiger partial charge in [-0.15, -0.1) is 0 Å². The van der Waals surface area contributed by atoms with Gasteiger partial charge in [0.15, 0.2) is 0 Å². The molecule has 0 aliphatic heterocycles. The normalized spacial score (nSPS) is 10.5. The highest BCUT2D eigenvalue weighted by molar-refractivity contribution is 5.68. The van der Waals surface area contributed by atoms with Gasteiger partial charge in [-0.25, -0.2) is 0 Å². The van der Waals surface area contributed by atoms with Crippen molar-refractivity contribution in [3.8, 4) is 0 Å². The minimum absolute atomic E-state index is 0.166. The van der Waals surface area contributed by atoms with Crippen molar-refractivity contribution < 1.29 is 9.63 Å². The maximum absolute atomic E-state index is 11.2. The zero-order chi connectivity index (χ0) is 12.8. The van der Waals surface area contributed by atoms with Crippen molar-refractivity contribution in [2.45, 2.75) is 45.4 Å². The summed E-state index contributed by atoms with van der Waals surface area (Å²) in [6.45, 7) is 4.95. The third-order valence-corrected chi connectivity index (χ3v) is 2.40. The van der Waals surface area contributed by atoms with Gasteiger partial charge in [0.25, 0.3) is 0 Å². The highest BCUT2D eigenvalue weighted by Crippen LogP contribution is 2.05. The zero-order valence-corrected chi connectivity index (χ0v) is 11.0. The fourth-order valence-corrected chi connectivity index (χ4v) is 1.42. The van der Waals surface area contributed by atoms with E-state index in [4.69, 9.17) is 10.6 Å². The first-order valence-corrected chi connectivity index (χ1v) is 6.64. The summed E-state index contributed by atoms with van der Waals surface area (Å²) in [5, 5.41) is 3.10. The Morgan fingerprint density at radius 1 is 1.12 bits per heavy atom. The predicted octanol–water partition coefficient (Wildman–Crippen LogP) is 0.943. The fourth-order valence-electron chi connectivity index (χ4n) is 1.42. The lowest BCUT2D eigenvalue weighted by atomic mass is 10.1. The van der Waals surface area contributed by atoms with Crippen LogP contribution in [0.4, 0.5) is 0 Å². The Balaban J connectivity index is 3.12. The molecule has 0 bridgehead atoms. The summed E-state index contributed by atoms with van der Waals surface area (Å²) in [5.74, 6) is -0.166. The summed E-state index contributed by atoms with van der Waals surface area (Å²) in [6, 6.07) is 0. The molecular weight excluding hydrogens is 218 g/mol. The summed E-state index contributed by atoms with van der Waals surface area (Å²) >= 11 is 0. The van der Waals surface area contributed by atoms with Gasteiger partial charge in [-0.3, -0.25) is 4.79 Å². The fraction of sp³-hybridized carbons (Fsp3) is 0.917. The molecule has 0 unspecified atom stereocenters. The molecule has 0 radical (unpaired) electrons. The summed E-state index contributed by atoms with van der Waals surface area (Å²) in [5.41, 5.74) is 7.96. The number of hydroxylamine groups is 1. The lowest BCUT2D eigenvalue weighted by molar-refractivity contribution is -0.151. The molecule has 0 saturated carbocycles. The molecule has 0 saturated heterocycles. The SMILES string of the molecule is CCCCCCCC(=O)ONCCNCCN. The van der Waals surface area contributed by atoms with Gasteiger partial charge in [-0.2, -0.15) is 5.48 Å². The van der Waals surface area contributed by atoms with Gasteiger partial charge in [0.2, 0.25) is 0 Å². The van der Waals surface area contributed by atoms with Crippen LogP contribution in [0, 0.1) is 0 Å². The van der Waals surface area contributed by atoms with Gasteiger partial charge < -0.3 is 15.9 Å². The van der Waals surface area contributed by atoms with Gasteiger partial charge in [0, 0.05) is 32.6 Å². The Labute approximate surface area is 104 Å². The van der Waals surface area contributed by atoms with E-state index in [1.54, 1.807) is 0 Å². The largest absolute Gasteiger partial charge is 0.371 e. The molecule has 0 aromatic rings. The number of unbranched alkanes of at least 4 members (excludes halogenated alkanes) is 4. The first-order chi connectivity index (χ1) is 8.31. The molecule has 0 aromatic heterocycles. The van der Waals surface area contributed by atoms with Crippen LogP contribution in [0.15, 0.2) is 0 Å². The summed E-state index contributed by atoms with van der Waals surface area (Å²) in [7, 11) is 0. The summed E-state index contributed by atoms with van der Waals surface area (Å²) < 4.78 is 0. The molecule has 0 atom stereocenters. The molecule has 5 nitrogen and oxygen atoms in total. The van der Waals surface area contributed by atoms with E-state index in [-0.39, 0.29) is 5.97 Å². The van der Waals surface area contributed by atoms with Gasteiger partial charge in [0.1, 0.15) is 0 Å². The van der Waals surface area contributed by atoms with E-state index in [1.165, 1.54) is 19.3 Å². The molecule has 17 heavy (non-hydrogen) atoms. The number of rotatable bonds is 12. The smallest absolute Gasteiger partial charge is 0.324 e. The van der Waals surface area contributed by atoms with Crippen molar-refractivity contribution in [3.63, 3.8) is 0 Å². The standard InChI is InChI=1S/C12H27N3O2/c1-2-3-4-5-6-7-12(16)17-15-11-10-14-9-8-13/h14-15H,2-11,13H2,1H3. The minimum Gasteiger partial charge on any atom is -0.371 e. The van der Waals surface area contributed by atoms with Gasteiger partial charge in [-0.1, -0.05) is 32.6 Å². The van der Waals surface area contributed by atoms with E-state index in [0.29, 0.717) is 19.5 Å². The molecule has 0 aliphatic rings. The molecule has 4 N–H and O–H groups in total. The second kappa shape index (κ2) is 13.4. The van der Waals surface area contributed by atoms with Crippen molar-refractivity contribution in [1.29, 1.82) is 0 Å². The number of nitrogens with two attached hydrogens (primary N) is 1. The molecule has 0 spiro atoms. The average Bonchev–Trinajstić information content (AvgIpc) is 2.33. The number of hydrogen-bond acceptors (Lipinski definition) is 5. The van der Waals surface area contributed by atoms with E-state index in [9.17, 15) is 4.79 Å². The van der Waals surface area contributed by atoms with E-state index in [1.807, 2.05) is 0 Å². The molecule has 0 fully saturated rings. The molecule has 0 aliphatic carbocycles. The summed E-state index contributed by atoms with van der Waals surface area (Å²) in [4.78, 5) is 16.1. The second-order valence-electron chi connectivity index (χ2n) is 4.07. The highest BCUT2D eigenvalue weighted by atomic mass is 16.7. The van der Waals surface area contributed by atoms with Crippen LogP contribution in [0.5, 0.6) is 0 Å². The quantitative estimate of drug-likeness (QED) is 0.352. The van der Waals surface area contributed by atoms with Crippen molar-refractivity contribution in [3.05, 3.63) is 0 Å². The van der Waals surface area contributed by atoms with Crippen molar-refractivity contribution in [2.24, 2.45) is 5.73 Å². The summed E-state index contributed by atoms with van der Waals surface area (Å²) in [6.07, 6.45) is 6.22. The molecule has 5 heteroatoms. The number of nitrogens with one attached hydrogen (secondary N) is 2. The Hall–Kier alpha value is -0.650. The van der Waals surface area contributed by atoms with Crippen molar-refractivity contribution in [1.82, 2.24) is 10.8 Å². The lowest BCUT2D eigenvalue weighted by Gasteiger charge is -2.06. The van der Waals surface area contributed by atoms with Crippen LogP contribution in [0.2, 0.25) is 0 Å². The van der Waals surface area contributed by atoms with Crippen LogP contribution in [0.3, 0.4) is 0 Å². The van der Waals surface area contributed by atoms with E-state index >= 15 is 0 Å². The van der Waals surface area contributed by atoms with Crippen LogP contribution >= 0.6 is 0 Å². The monoisotopic (exact) mass is 245 g/mol. The maximum atomic E-state index is 11.2. The molecule has 0 heterocycles. The number of carbonyl (C=O) groups excluding carboxylic acids is 1. The Bertz CT molecular complexity index is 177. The van der Waals surface area contributed by atoms with E-state index < -0.39 is 0 Å². The van der Waals surface area contributed by atoms with Crippen LogP contribution in [-0.2, 0) is 9.63 Å². The third-order valence-electron chi connectivity index (χ3n) is 2.40. The molecule has 0 aromatic carbocycles.